The number of hydrogen-bond donors (Lipinski definition) is 0. The average Bonchev–Trinajstić information content (AvgIpc) is 2.94. The summed E-state index contributed by atoms with van der Waals surface area (Å²) >= 11 is 0. The van der Waals surface area contributed by atoms with E-state index in [2.05, 4.69) is 9.47 Å². The van der Waals surface area contributed by atoms with Gasteiger partial charge in [-0.05, 0) is 26.7 Å². The van der Waals surface area contributed by atoms with Crippen LogP contribution in [0, 0.1) is 0 Å². The van der Waals surface area contributed by atoms with E-state index in [1.807, 2.05) is 6.92 Å². The lowest BCUT2D eigenvalue weighted by Gasteiger charge is -2.21. The highest BCUT2D eigenvalue weighted by molar-refractivity contribution is 5.76. The van der Waals surface area contributed by atoms with Gasteiger partial charge in [-0.25, -0.2) is 0 Å². The molecule has 0 amide bonds. The van der Waals surface area contributed by atoms with Crippen LogP contribution in [-0.2, 0) is 33.3 Å². The summed E-state index contributed by atoms with van der Waals surface area (Å²) in [5.41, 5.74) is 0. The smallest absolute Gasteiger partial charge is 0.305 e. The van der Waals surface area contributed by atoms with Gasteiger partial charge in [0.15, 0.2) is 5.79 Å². The number of esters is 2. The first-order valence-corrected chi connectivity index (χ1v) is 7.74. The van der Waals surface area contributed by atoms with Gasteiger partial charge in [0.2, 0.25) is 0 Å². The zero-order valence-electron chi connectivity index (χ0n) is 14.5. The van der Waals surface area contributed by atoms with Crippen molar-refractivity contribution in [2.75, 3.05) is 27.4 Å². The van der Waals surface area contributed by atoms with Crippen molar-refractivity contribution in [2.45, 2.75) is 58.2 Å². The Balaban J connectivity index is 0.000000438. The number of ketones is 1. The Bertz CT molecular complexity index is 373. The minimum absolute atomic E-state index is 0.115. The Hall–Kier alpha value is -1.47. The first-order chi connectivity index (χ1) is 10.8. The van der Waals surface area contributed by atoms with Gasteiger partial charge in [-0.1, -0.05) is 0 Å². The summed E-state index contributed by atoms with van der Waals surface area (Å²) in [6.07, 6.45) is 3.32. The number of ether oxygens (including phenoxy) is 4. The van der Waals surface area contributed by atoms with Gasteiger partial charge in [0.1, 0.15) is 5.78 Å². The van der Waals surface area contributed by atoms with E-state index in [9.17, 15) is 14.4 Å². The third-order valence-electron chi connectivity index (χ3n) is 3.27. The minimum Gasteiger partial charge on any atom is -0.469 e. The van der Waals surface area contributed by atoms with E-state index in [-0.39, 0.29) is 17.7 Å². The van der Waals surface area contributed by atoms with Crippen LogP contribution in [0.1, 0.15) is 52.4 Å². The fourth-order valence-corrected chi connectivity index (χ4v) is 1.94. The van der Waals surface area contributed by atoms with Crippen molar-refractivity contribution in [1.82, 2.24) is 0 Å². The van der Waals surface area contributed by atoms with Crippen molar-refractivity contribution in [2.24, 2.45) is 0 Å². The third kappa shape index (κ3) is 11.7. The van der Waals surface area contributed by atoms with Crippen molar-refractivity contribution in [3.63, 3.8) is 0 Å². The summed E-state index contributed by atoms with van der Waals surface area (Å²) in [6.45, 7) is 4.71. The standard InChI is InChI=1S/C9H16O4.C7H12O3/c1-9(12-6-7-13-9)5-3-4-8(10)11-2;1-6(8)4-3-5-7(9)10-2/h3-7H2,1-2H3;3-5H2,1-2H3. The number of methoxy groups -OCH3 is 2. The van der Waals surface area contributed by atoms with Crippen LogP contribution in [-0.4, -0.2) is 50.9 Å². The summed E-state index contributed by atoms with van der Waals surface area (Å²) in [4.78, 5) is 31.6. The Morgan fingerprint density at radius 3 is 1.83 bits per heavy atom. The van der Waals surface area contributed by atoms with Crippen LogP contribution in [0.3, 0.4) is 0 Å². The summed E-state index contributed by atoms with van der Waals surface area (Å²) in [5.74, 6) is -0.791. The molecule has 0 saturated carbocycles. The molecule has 0 aromatic heterocycles. The van der Waals surface area contributed by atoms with Crippen LogP contribution in [0.25, 0.3) is 0 Å². The van der Waals surface area contributed by atoms with Gasteiger partial charge in [-0.2, -0.15) is 0 Å². The van der Waals surface area contributed by atoms with E-state index >= 15 is 0 Å². The third-order valence-corrected chi connectivity index (χ3v) is 3.27. The van der Waals surface area contributed by atoms with Crippen molar-refractivity contribution < 1.29 is 33.3 Å². The highest BCUT2D eigenvalue weighted by Crippen LogP contribution is 2.24. The van der Waals surface area contributed by atoms with E-state index in [0.717, 1.165) is 12.8 Å². The molecule has 0 aromatic carbocycles. The fourth-order valence-electron chi connectivity index (χ4n) is 1.94. The fraction of sp³-hybridized carbons (Fsp3) is 0.812. The Morgan fingerprint density at radius 1 is 0.913 bits per heavy atom. The number of Topliss-reactive ketones (excluding diaryl/α,β-unsaturated/α-hetero) is 1. The zero-order valence-corrected chi connectivity index (χ0v) is 14.5. The molecule has 7 heteroatoms. The highest BCUT2D eigenvalue weighted by atomic mass is 16.7. The molecule has 1 aliphatic heterocycles. The van der Waals surface area contributed by atoms with Crippen molar-refractivity contribution >= 4 is 17.7 Å². The molecule has 1 aliphatic rings. The molecule has 1 saturated heterocycles. The second kappa shape index (κ2) is 12.0. The van der Waals surface area contributed by atoms with Crippen molar-refractivity contribution in [3.8, 4) is 0 Å². The summed E-state index contributed by atoms with van der Waals surface area (Å²) in [7, 11) is 2.74. The quantitative estimate of drug-likeness (QED) is 0.628. The van der Waals surface area contributed by atoms with E-state index in [1.165, 1.54) is 21.1 Å². The van der Waals surface area contributed by atoms with Gasteiger partial charge in [0, 0.05) is 25.7 Å². The number of carbonyl (C=O) groups is 3. The molecule has 1 fully saturated rings. The maximum Gasteiger partial charge on any atom is 0.305 e. The van der Waals surface area contributed by atoms with Crippen LogP contribution in [0.4, 0.5) is 0 Å². The van der Waals surface area contributed by atoms with Gasteiger partial charge in [-0.15, -0.1) is 0 Å². The van der Waals surface area contributed by atoms with E-state index in [4.69, 9.17) is 9.47 Å². The monoisotopic (exact) mass is 332 g/mol. The molecule has 1 heterocycles. The number of rotatable bonds is 8. The molecule has 0 aromatic rings. The molecule has 0 bridgehead atoms. The van der Waals surface area contributed by atoms with Crippen molar-refractivity contribution in [3.05, 3.63) is 0 Å². The summed E-state index contributed by atoms with van der Waals surface area (Å²) in [5, 5.41) is 0. The largest absolute Gasteiger partial charge is 0.469 e. The molecule has 0 N–H and O–H groups in total. The lowest BCUT2D eigenvalue weighted by molar-refractivity contribution is -0.151. The highest BCUT2D eigenvalue weighted by Gasteiger charge is 2.30. The number of carbonyl (C=O) groups excluding carboxylic acids is 3. The Morgan fingerprint density at radius 2 is 1.39 bits per heavy atom. The predicted molar refractivity (Wildman–Crippen MR) is 82.7 cm³/mol. The Labute approximate surface area is 137 Å². The van der Waals surface area contributed by atoms with Crippen LogP contribution >= 0.6 is 0 Å². The van der Waals surface area contributed by atoms with Gasteiger partial charge in [-0.3, -0.25) is 9.59 Å². The summed E-state index contributed by atoms with van der Waals surface area (Å²) < 4.78 is 19.7. The lowest BCUT2D eigenvalue weighted by atomic mass is 10.1. The molecule has 0 radical (unpaired) electrons. The van der Waals surface area contributed by atoms with Crippen LogP contribution in [0.2, 0.25) is 0 Å². The van der Waals surface area contributed by atoms with Crippen LogP contribution < -0.4 is 0 Å². The Kier molecular flexibility index (Phi) is 11.2. The second-order valence-corrected chi connectivity index (χ2v) is 5.39. The first-order valence-electron chi connectivity index (χ1n) is 7.74. The molecule has 23 heavy (non-hydrogen) atoms. The van der Waals surface area contributed by atoms with E-state index < -0.39 is 5.79 Å². The molecule has 0 unspecified atom stereocenters. The number of hydrogen-bond acceptors (Lipinski definition) is 7. The molecule has 134 valence electrons. The SMILES string of the molecule is COC(=O)CCCC(C)=O.COC(=O)CCCC1(C)OCCO1. The molecule has 1 rings (SSSR count). The molecule has 0 atom stereocenters. The molecular weight excluding hydrogens is 304 g/mol. The van der Waals surface area contributed by atoms with Crippen LogP contribution in [0.5, 0.6) is 0 Å². The normalized spacial score (nSPS) is 15.3. The van der Waals surface area contributed by atoms with Gasteiger partial charge < -0.3 is 23.7 Å². The van der Waals surface area contributed by atoms with Crippen molar-refractivity contribution in [1.29, 1.82) is 0 Å². The van der Waals surface area contributed by atoms with Gasteiger partial charge in [0.25, 0.3) is 0 Å². The first kappa shape index (κ1) is 21.5. The minimum atomic E-state index is -0.478. The second-order valence-electron chi connectivity index (χ2n) is 5.39. The van der Waals surface area contributed by atoms with Gasteiger partial charge in [0.05, 0.1) is 27.4 Å². The van der Waals surface area contributed by atoms with Crippen LogP contribution in [0.15, 0.2) is 0 Å². The van der Waals surface area contributed by atoms with E-state index in [1.54, 1.807) is 0 Å². The summed E-state index contributed by atoms with van der Waals surface area (Å²) in [6, 6.07) is 0. The topological polar surface area (TPSA) is 88.1 Å². The maximum absolute atomic E-state index is 10.8. The van der Waals surface area contributed by atoms with E-state index in [0.29, 0.717) is 38.9 Å². The molecule has 0 spiro atoms. The molecule has 0 aliphatic carbocycles. The average molecular weight is 332 g/mol. The van der Waals surface area contributed by atoms with Gasteiger partial charge >= 0.3 is 11.9 Å². The lowest BCUT2D eigenvalue weighted by Crippen LogP contribution is -2.25. The predicted octanol–water partition coefficient (Wildman–Crippen LogP) is 2.01. The maximum atomic E-state index is 10.8. The zero-order chi connectivity index (χ0) is 17.7. The molecule has 7 nitrogen and oxygen atoms in total. The molecular formula is C16H28O7.